The van der Waals surface area contributed by atoms with Gasteiger partial charge in [-0.1, -0.05) is 6.42 Å². The lowest BCUT2D eigenvalue weighted by atomic mass is 10.2. The monoisotopic (exact) mass is 419 g/mol. The van der Waals surface area contributed by atoms with E-state index in [1.807, 2.05) is 0 Å². The molecule has 1 heterocycles. The number of nitro groups is 1. The first-order chi connectivity index (χ1) is 13.8. The van der Waals surface area contributed by atoms with Gasteiger partial charge in [-0.25, -0.2) is 8.42 Å². The third-order valence-electron chi connectivity index (χ3n) is 4.71. The van der Waals surface area contributed by atoms with Crippen LogP contribution in [0.4, 0.5) is 11.4 Å². The van der Waals surface area contributed by atoms with Crippen LogP contribution in [0.5, 0.6) is 5.75 Å². The Balaban J connectivity index is 1.76. The summed E-state index contributed by atoms with van der Waals surface area (Å²) in [5.74, 6) is -0.337. The highest BCUT2D eigenvalue weighted by Crippen LogP contribution is 2.29. The second kappa shape index (κ2) is 8.58. The number of methoxy groups -OCH3 is 1. The van der Waals surface area contributed by atoms with Crippen molar-refractivity contribution in [2.45, 2.75) is 24.2 Å². The van der Waals surface area contributed by atoms with E-state index in [4.69, 9.17) is 4.74 Å². The number of nitrogens with one attached hydrogen (secondary N) is 1. The molecule has 0 bridgehead atoms. The zero-order valence-corrected chi connectivity index (χ0v) is 16.6. The smallest absolute Gasteiger partial charge is 0.273 e. The number of ether oxygens (including phenoxy) is 1. The van der Waals surface area contributed by atoms with Crippen molar-refractivity contribution >= 4 is 27.3 Å². The molecule has 0 atom stereocenters. The molecule has 9 nitrogen and oxygen atoms in total. The fourth-order valence-corrected chi connectivity index (χ4v) is 4.64. The maximum Gasteiger partial charge on any atom is 0.273 e. The number of nitro benzene ring substituents is 1. The summed E-state index contributed by atoms with van der Waals surface area (Å²) in [7, 11) is -2.23. The Labute approximate surface area is 168 Å². The van der Waals surface area contributed by atoms with Gasteiger partial charge in [-0.05, 0) is 43.2 Å². The van der Waals surface area contributed by atoms with Crippen LogP contribution in [0.25, 0.3) is 0 Å². The number of carbonyl (C=O) groups is 1. The van der Waals surface area contributed by atoms with Crippen molar-refractivity contribution in [3.05, 3.63) is 58.1 Å². The number of non-ortho nitro benzene ring substituents is 1. The predicted molar refractivity (Wildman–Crippen MR) is 107 cm³/mol. The van der Waals surface area contributed by atoms with E-state index < -0.39 is 20.9 Å². The van der Waals surface area contributed by atoms with Crippen molar-refractivity contribution in [2.24, 2.45) is 0 Å². The van der Waals surface area contributed by atoms with Crippen molar-refractivity contribution in [1.82, 2.24) is 4.31 Å². The van der Waals surface area contributed by atoms with Gasteiger partial charge in [-0.3, -0.25) is 14.9 Å². The Hall–Kier alpha value is -2.98. The molecule has 1 aliphatic heterocycles. The van der Waals surface area contributed by atoms with E-state index in [0.717, 1.165) is 19.3 Å². The second-order valence-electron chi connectivity index (χ2n) is 6.58. The maximum absolute atomic E-state index is 12.7. The van der Waals surface area contributed by atoms with Gasteiger partial charge in [0, 0.05) is 24.7 Å². The van der Waals surface area contributed by atoms with Crippen LogP contribution in [-0.2, 0) is 10.0 Å². The first-order valence-electron chi connectivity index (χ1n) is 9.07. The highest BCUT2D eigenvalue weighted by atomic mass is 32.2. The normalized spacial score (nSPS) is 14.9. The van der Waals surface area contributed by atoms with Crippen molar-refractivity contribution in [2.75, 3.05) is 25.5 Å². The molecule has 0 radical (unpaired) electrons. The molecule has 1 aliphatic rings. The molecule has 0 aliphatic carbocycles. The number of hydrogen-bond acceptors (Lipinski definition) is 6. The van der Waals surface area contributed by atoms with Gasteiger partial charge in [0.05, 0.1) is 28.7 Å². The lowest BCUT2D eigenvalue weighted by molar-refractivity contribution is -0.384. The van der Waals surface area contributed by atoms with Gasteiger partial charge in [0.25, 0.3) is 11.6 Å². The van der Waals surface area contributed by atoms with E-state index in [0.29, 0.717) is 13.1 Å². The van der Waals surface area contributed by atoms with Gasteiger partial charge in [-0.15, -0.1) is 0 Å². The number of amides is 1. The number of nitrogens with zero attached hydrogens (tertiary/aromatic N) is 2. The first-order valence-corrected chi connectivity index (χ1v) is 10.5. The summed E-state index contributed by atoms with van der Waals surface area (Å²) in [6.45, 7) is 1.01. The number of piperidine rings is 1. The highest BCUT2D eigenvalue weighted by Gasteiger charge is 2.26. The van der Waals surface area contributed by atoms with Crippen LogP contribution in [0.3, 0.4) is 0 Å². The predicted octanol–water partition coefficient (Wildman–Crippen LogP) is 3.03. The molecule has 1 fully saturated rings. The summed E-state index contributed by atoms with van der Waals surface area (Å²) >= 11 is 0. The Kier molecular flexibility index (Phi) is 6.14. The van der Waals surface area contributed by atoms with E-state index in [9.17, 15) is 23.3 Å². The number of carbonyl (C=O) groups excluding carboxylic acids is 1. The van der Waals surface area contributed by atoms with Crippen molar-refractivity contribution < 1.29 is 22.9 Å². The van der Waals surface area contributed by atoms with E-state index in [2.05, 4.69) is 5.32 Å². The van der Waals surface area contributed by atoms with Crippen molar-refractivity contribution in [3.63, 3.8) is 0 Å². The molecule has 2 aromatic carbocycles. The van der Waals surface area contributed by atoms with Crippen LogP contribution < -0.4 is 10.1 Å². The number of sulfonamides is 1. The van der Waals surface area contributed by atoms with Crippen LogP contribution in [-0.4, -0.2) is 43.8 Å². The Morgan fingerprint density at radius 1 is 1.10 bits per heavy atom. The summed E-state index contributed by atoms with van der Waals surface area (Å²) in [4.78, 5) is 22.9. The van der Waals surface area contributed by atoms with Gasteiger partial charge in [0.2, 0.25) is 10.0 Å². The highest BCUT2D eigenvalue weighted by molar-refractivity contribution is 7.89. The quantitative estimate of drug-likeness (QED) is 0.568. The summed E-state index contributed by atoms with van der Waals surface area (Å²) < 4.78 is 31.9. The first kappa shape index (κ1) is 20.7. The van der Waals surface area contributed by atoms with E-state index in [1.165, 1.54) is 53.9 Å². The molecule has 0 aromatic heterocycles. The van der Waals surface area contributed by atoms with Crippen molar-refractivity contribution in [3.8, 4) is 5.75 Å². The van der Waals surface area contributed by atoms with Crippen LogP contribution in [0.2, 0.25) is 0 Å². The molecule has 29 heavy (non-hydrogen) atoms. The fraction of sp³-hybridized carbons (Fsp3) is 0.316. The zero-order valence-electron chi connectivity index (χ0n) is 15.8. The fourth-order valence-electron chi connectivity index (χ4n) is 3.12. The Morgan fingerprint density at radius 3 is 2.34 bits per heavy atom. The Morgan fingerprint density at radius 2 is 1.76 bits per heavy atom. The van der Waals surface area contributed by atoms with Crippen molar-refractivity contribution in [1.29, 1.82) is 0 Å². The molecule has 0 saturated carbocycles. The average molecular weight is 419 g/mol. The van der Waals surface area contributed by atoms with E-state index in [1.54, 1.807) is 0 Å². The summed E-state index contributed by atoms with van der Waals surface area (Å²) in [5.41, 5.74) is 0.364. The molecule has 1 N–H and O–H groups in total. The number of hydrogen-bond donors (Lipinski definition) is 1. The van der Waals surface area contributed by atoms with E-state index >= 15 is 0 Å². The standard InChI is InChI=1S/C19H21N3O6S/c1-28-18-13-15(22(24)25)7-10-17(18)20-19(23)14-5-8-16(9-6-14)29(26,27)21-11-3-2-4-12-21/h5-10,13H,2-4,11-12H2,1H3,(H,20,23). The van der Waals surface area contributed by atoms with Crippen LogP contribution >= 0.6 is 0 Å². The van der Waals surface area contributed by atoms with Crippen LogP contribution in [0.15, 0.2) is 47.4 Å². The molecule has 2 aromatic rings. The SMILES string of the molecule is COc1cc([N+](=O)[O-])ccc1NC(=O)c1ccc(S(=O)(=O)N2CCCCC2)cc1. The lowest BCUT2D eigenvalue weighted by Gasteiger charge is -2.25. The molecule has 0 spiro atoms. The largest absolute Gasteiger partial charge is 0.494 e. The summed E-state index contributed by atoms with van der Waals surface area (Å²) in [6, 6.07) is 9.53. The molecular weight excluding hydrogens is 398 g/mol. The molecule has 1 saturated heterocycles. The molecule has 0 unspecified atom stereocenters. The molecule has 3 rings (SSSR count). The minimum absolute atomic E-state index is 0.142. The van der Waals surface area contributed by atoms with Crippen LogP contribution in [0.1, 0.15) is 29.6 Å². The number of rotatable bonds is 6. The summed E-state index contributed by atoms with van der Waals surface area (Å²) in [5, 5.41) is 13.5. The number of anilines is 1. The van der Waals surface area contributed by atoms with Gasteiger partial charge in [0.15, 0.2) is 0 Å². The second-order valence-corrected chi connectivity index (χ2v) is 8.52. The lowest BCUT2D eigenvalue weighted by Crippen LogP contribution is -2.35. The third-order valence-corrected chi connectivity index (χ3v) is 6.63. The van der Waals surface area contributed by atoms with Gasteiger partial charge in [-0.2, -0.15) is 4.31 Å². The molecule has 1 amide bonds. The number of benzene rings is 2. The van der Waals surface area contributed by atoms with Gasteiger partial charge >= 0.3 is 0 Å². The maximum atomic E-state index is 12.7. The molecular formula is C19H21N3O6S. The van der Waals surface area contributed by atoms with Gasteiger partial charge < -0.3 is 10.1 Å². The third kappa shape index (κ3) is 4.54. The molecule has 10 heteroatoms. The average Bonchev–Trinajstić information content (AvgIpc) is 2.74. The minimum Gasteiger partial charge on any atom is -0.494 e. The zero-order chi connectivity index (χ0) is 21.0. The minimum atomic E-state index is -3.57. The Bertz CT molecular complexity index is 1010. The van der Waals surface area contributed by atoms with Crippen LogP contribution in [0, 0.1) is 10.1 Å². The topological polar surface area (TPSA) is 119 Å². The summed E-state index contributed by atoms with van der Waals surface area (Å²) in [6.07, 6.45) is 2.71. The van der Waals surface area contributed by atoms with E-state index in [-0.39, 0.29) is 27.6 Å². The van der Waals surface area contributed by atoms with Gasteiger partial charge in [0.1, 0.15) is 5.75 Å². The molecule has 154 valence electrons.